The number of hydrogen-bond donors (Lipinski definition) is 1. The van der Waals surface area contributed by atoms with E-state index < -0.39 is 0 Å². The highest BCUT2D eigenvalue weighted by molar-refractivity contribution is 5.39. The number of aryl methyl sites for hydroxylation is 2. The first kappa shape index (κ1) is 11.9. The van der Waals surface area contributed by atoms with E-state index in [9.17, 15) is 0 Å². The molecule has 1 saturated carbocycles. The van der Waals surface area contributed by atoms with Gasteiger partial charge in [-0.25, -0.2) is 4.98 Å². The summed E-state index contributed by atoms with van der Waals surface area (Å²) in [7, 11) is 0. The molecule has 18 heavy (non-hydrogen) atoms. The van der Waals surface area contributed by atoms with Gasteiger partial charge in [-0.2, -0.15) is 0 Å². The molecule has 4 heteroatoms. The van der Waals surface area contributed by atoms with Gasteiger partial charge in [0.25, 0.3) is 0 Å². The number of rotatable bonds is 1. The second-order valence-corrected chi connectivity index (χ2v) is 5.82. The first-order valence-corrected chi connectivity index (χ1v) is 6.96. The zero-order valence-electron chi connectivity index (χ0n) is 11.3. The molecule has 1 aliphatic heterocycles. The number of aromatic nitrogens is 2. The van der Waals surface area contributed by atoms with Crippen LogP contribution in [0.3, 0.4) is 0 Å². The quantitative estimate of drug-likeness (QED) is 0.818. The van der Waals surface area contributed by atoms with Gasteiger partial charge in [-0.3, -0.25) is 4.98 Å². The zero-order valence-corrected chi connectivity index (χ0v) is 11.3. The third-order valence-electron chi connectivity index (χ3n) is 4.66. The van der Waals surface area contributed by atoms with Gasteiger partial charge in [-0.05, 0) is 38.5 Å². The molecule has 1 aromatic heterocycles. The first-order chi connectivity index (χ1) is 8.65. The zero-order chi connectivity index (χ0) is 12.7. The summed E-state index contributed by atoms with van der Waals surface area (Å²) in [5.74, 6) is 2.44. The van der Waals surface area contributed by atoms with E-state index >= 15 is 0 Å². The maximum atomic E-state index is 6.25. The second-order valence-electron chi connectivity index (χ2n) is 5.82. The van der Waals surface area contributed by atoms with Gasteiger partial charge in [0.1, 0.15) is 5.82 Å². The number of fused-ring (bicyclic) bond motifs is 1. The molecular formula is C14H22N4. The Morgan fingerprint density at radius 1 is 1.22 bits per heavy atom. The van der Waals surface area contributed by atoms with Crippen molar-refractivity contribution in [2.45, 2.75) is 39.2 Å². The largest absolute Gasteiger partial charge is 0.355 e. The normalized spacial score (nSPS) is 31.5. The maximum absolute atomic E-state index is 6.25. The van der Waals surface area contributed by atoms with Crippen LogP contribution in [0.15, 0.2) is 6.20 Å². The van der Waals surface area contributed by atoms with E-state index in [4.69, 9.17) is 5.73 Å². The van der Waals surface area contributed by atoms with Crippen LogP contribution < -0.4 is 10.6 Å². The monoisotopic (exact) mass is 246 g/mol. The van der Waals surface area contributed by atoms with E-state index in [1.54, 1.807) is 0 Å². The highest BCUT2D eigenvalue weighted by Gasteiger charge is 2.39. The number of nitrogens with two attached hydrogens (primary N) is 1. The Hall–Kier alpha value is -1.16. The molecule has 0 aromatic carbocycles. The topological polar surface area (TPSA) is 55.0 Å². The van der Waals surface area contributed by atoms with Crippen molar-refractivity contribution < 1.29 is 0 Å². The van der Waals surface area contributed by atoms with E-state index in [0.29, 0.717) is 12.0 Å². The van der Waals surface area contributed by atoms with Gasteiger partial charge in [0.15, 0.2) is 0 Å². The molecule has 3 unspecified atom stereocenters. The van der Waals surface area contributed by atoms with Crippen molar-refractivity contribution in [1.29, 1.82) is 0 Å². The predicted molar refractivity (Wildman–Crippen MR) is 72.5 cm³/mol. The summed E-state index contributed by atoms with van der Waals surface area (Å²) in [6.07, 6.45) is 5.71. The highest BCUT2D eigenvalue weighted by Crippen LogP contribution is 2.36. The highest BCUT2D eigenvalue weighted by atomic mass is 15.2. The molecule has 1 aromatic rings. The van der Waals surface area contributed by atoms with Crippen molar-refractivity contribution in [3.8, 4) is 0 Å². The molecule has 2 N–H and O–H groups in total. The van der Waals surface area contributed by atoms with Crippen molar-refractivity contribution in [3.63, 3.8) is 0 Å². The van der Waals surface area contributed by atoms with E-state index in [0.717, 1.165) is 36.2 Å². The Kier molecular flexibility index (Phi) is 2.98. The van der Waals surface area contributed by atoms with Gasteiger partial charge < -0.3 is 10.6 Å². The summed E-state index contributed by atoms with van der Waals surface area (Å²) < 4.78 is 0. The molecule has 1 aliphatic carbocycles. The van der Waals surface area contributed by atoms with Crippen LogP contribution in [0.25, 0.3) is 0 Å². The van der Waals surface area contributed by atoms with Crippen molar-refractivity contribution in [2.75, 3.05) is 18.0 Å². The van der Waals surface area contributed by atoms with Crippen LogP contribution in [0.5, 0.6) is 0 Å². The van der Waals surface area contributed by atoms with Crippen LogP contribution in [-0.4, -0.2) is 29.1 Å². The van der Waals surface area contributed by atoms with Crippen LogP contribution >= 0.6 is 0 Å². The molecule has 3 rings (SSSR count). The average molecular weight is 246 g/mol. The Morgan fingerprint density at radius 3 is 2.78 bits per heavy atom. The van der Waals surface area contributed by atoms with Gasteiger partial charge in [0.05, 0.1) is 17.6 Å². The van der Waals surface area contributed by atoms with E-state index in [1.165, 1.54) is 19.3 Å². The van der Waals surface area contributed by atoms with E-state index in [2.05, 4.69) is 14.9 Å². The fraction of sp³-hybridized carbons (Fsp3) is 0.714. The summed E-state index contributed by atoms with van der Waals surface area (Å²) in [6.45, 7) is 6.20. The average Bonchev–Trinajstić information content (AvgIpc) is 2.78. The molecule has 0 bridgehead atoms. The molecule has 2 heterocycles. The Balaban J connectivity index is 1.80. The summed E-state index contributed by atoms with van der Waals surface area (Å²) in [4.78, 5) is 11.5. The van der Waals surface area contributed by atoms with Crippen LogP contribution in [0, 0.1) is 25.7 Å². The van der Waals surface area contributed by atoms with E-state index in [-0.39, 0.29) is 0 Å². The lowest BCUT2D eigenvalue weighted by atomic mass is 9.78. The maximum Gasteiger partial charge on any atom is 0.147 e. The Labute approximate surface area is 109 Å². The third-order valence-corrected chi connectivity index (χ3v) is 4.66. The van der Waals surface area contributed by atoms with Crippen LogP contribution in [0.4, 0.5) is 5.82 Å². The number of nitrogens with zero attached hydrogens (tertiary/aromatic N) is 3. The van der Waals surface area contributed by atoms with Crippen molar-refractivity contribution in [2.24, 2.45) is 17.6 Å². The van der Waals surface area contributed by atoms with Gasteiger partial charge in [0, 0.05) is 19.1 Å². The fourth-order valence-electron chi connectivity index (χ4n) is 3.39. The van der Waals surface area contributed by atoms with Crippen molar-refractivity contribution >= 4 is 5.82 Å². The SMILES string of the molecule is Cc1ncc(N2CC3CCCC(N)C3C2)nc1C. The smallest absolute Gasteiger partial charge is 0.147 e. The second kappa shape index (κ2) is 4.50. The number of anilines is 1. The van der Waals surface area contributed by atoms with Crippen molar-refractivity contribution in [1.82, 2.24) is 9.97 Å². The molecule has 98 valence electrons. The Bertz CT molecular complexity index is 445. The lowest BCUT2D eigenvalue weighted by Crippen LogP contribution is -2.38. The lowest BCUT2D eigenvalue weighted by molar-refractivity contribution is 0.260. The molecule has 0 amide bonds. The first-order valence-electron chi connectivity index (χ1n) is 6.96. The van der Waals surface area contributed by atoms with Gasteiger partial charge in [-0.1, -0.05) is 6.42 Å². The van der Waals surface area contributed by atoms with Gasteiger partial charge in [0.2, 0.25) is 0 Å². The summed E-state index contributed by atoms with van der Waals surface area (Å²) in [5, 5.41) is 0. The van der Waals surface area contributed by atoms with Crippen LogP contribution in [0.1, 0.15) is 30.7 Å². The number of hydrogen-bond acceptors (Lipinski definition) is 4. The van der Waals surface area contributed by atoms with Crippen molar-refractivity contribution in [3.05, 3.63) is 17.6 Å². The molecule has 2 fully saturated rings. The molecule has 1 saturated heterocycles. The summed E-state index contributed by atoms with van der Waals surface area (Å²) in [6, 6.07) is 0.383. The molecular weight excluding hydrogens is 224 g/mol. The fourth-order valence-corrected chi connectivity index (χ4v) is 3.39. The van der Waals surface area contributed by atoms with E-state index in [1.807, 2.05) is 20.0 Å². The predicted octanol–water partition coefficient (Wildman–Crippen LogP) is 1.66. The minimum absolute atomic E-state index is 0.383. The lowest BCUT2D eigenvalue weighted by Gasteiger charge is -2.29. The molecule has 3 atom stereocenters. The third kappa shape index (κ3) is 1.99. The summed E-state index contributed by atoms with van der Waals surface area (Å²) in [5.41, 5.74) is 8.31. The molecule has 0 spiro atoms. The summed E-state index contributed by atoms with van der Waals surface area (Å²) >= 11 is 0. The molecule has 0 radical (unpaired) electrons. The van der Waals surface area contributed by atoms with Crippen LogP contribution in [-0.2, 0) is 0 Å². The van der Waals surface area contributed by atoms with Gasteiger partial charge >= 0.3 is 0 Å². The minimum Gasteiger partial charge on any atom is -0.355 e. The van der Waals surface area contributed by atoms with Gasteiger partial charge in [-0.15, -0.1) is 0 Å². The minimum atomic E-state index is 0.383. The standard InChI is InChI=1S/C14H22N4/c1-9-10(2)17-14(6-16-9)18-7-11-4-3-5-13(15)12(11)8-18/h6,11-13H,3-5,7-8,15H2,1-2H3. The molecule has 2 aliphatic rings. The van der Waals surface area contributed by atoms with Crippen LogP contribution in [0.2, 0.25) is 0 Å². The molecule has 4 nitrogen and oxygen atoms in total. The Morgan fingerprint density at radius 2 is 2.06 bits per heavy atom.